The van der Waals surface area contributed by atoms with Crippen LogP contribution < -0.4 is 5.43 Å². The largest absolute Gasteiger partial charge is 0.273 e. The number of carbonyl (C=O) groups excluding carboxylic acids is 1. The minimum absolute atomic E-state index is 0.252. The van der Waals surface area contributed by atoms with Crippen LogP contribution >= 0.6 is 0 Å². The highest BCUT2D eigenvalue weighted by atomic mass is 32.2. The highest BCUT2D eigenvalue weighted by Crippen LogP contribution is 2.23. The van der Waals surface area contributed by atoms with Gasteiger partial charge >= 0.3 is 0 Å². The molecule has 1 heterocycles. The van der Waals surface area contributed by atoms with Crippen LogP contribution in [0.3, 0.4) is 0 Å². The molecule has 1 N–H and O–H groups in total. The van der Waals surface area contributed by atoms with Gasteiger partial charge in [-0.05, 0) is 31.0 Å². The molecule has 0 radical (unpaired) electrons. The summed E-state index contributed by atoms with van der Waals surface area (Å²) in [6, 6.07) is 14.4. The summed E-state index contributed by atoms with van der Waals surface area (Å²) in [5, 5.41) is 3.80. The number of hydrogen-bond acceptors (Lipinski definition) is 4. The molecule has 0 unspecified atom stereocenters. The summed E-state index contributed by atoms with van der Waals surface area (Å²) in [6.07, 6.45) is 2.07. The number of sulfonamides is 1. The maximum absolute atomic E-state index is 13.5. The van der Waals surface area contributed by atoms with Crippen molar-refractivity contribution in [2.75, 3.05) is 13.1 Å². The molecule has 2 aromatic rings. The lowest BCUT2D eigenvalue weighted by Crippen LogP contribution is -2.42. The highest BCUT2D eigenvalue weighted by Gasteiger charge is 2.31. The standard InChI is InChI=1S/C19H20FN3O3S/c20-18-9-5-4-6-16(18)14-21-22-19(24)15-10-12-23(13-11-15)27(25,26)17-7-2-1-3-8-17/h1-9,14-15H,10-13H2,(H,22,24)/b21-14-. The smallest absolute Gasteiger partial charge is 0.243 e. The molecule has 0 spiro atoms. The van der Waals surface area contributed by atoms with Crippen molar-refractivity contribution in [1.29, 1.82) is 0 Å². The molecule has 142 valence electrons. The number of carbonyl (C=O) groups is 1. The van der Waals surface area contributed by atoms with Gasteiger partial charge in [0, 0.05) is 24.6 Å². The zero-order valence-electron chi connectivity index (χ0n) is 14.6. The third-order valence-corrected chi connectivity index (χ3v) is 6.40. The Hall–Kier alpha value is -2.58. The first-order valence-corrected chi connectivity index (χ1v) is 10.0. The number of benzene rings is 2. The normalized spacial score (nSPS) is 16.5. The number of nitrogens with one attached hydrogen (secondary N) is 1. The lowest BCUT2D eigenvalue weighted by atomic mass is 9.98. The second kappa shape index (κ2) is 8.41. The molecule has 2 aromatic carbocycles. The van der Waals surface area contributed by atoms with Crippen LogP contribution in [-0.2, 0) is 14.8 Å². The summed E-state index contributed by atoms with van der Waals surface area (Å²) in [4.78, 5) is 12.5. The molecule has 1 aliphatic rings. The van der Waals surface area contributed by atoms with E-state index in [1.165, 1.54) is 16.6 Å². The third kappa shape index (κ3) is 4.58. The molecule has 0 aromatic heterocycles. The number of hydrogen-bond donors (Lipinski definition) is 1. The molecule has 1 fully saturated rings. The fourth-order valence-corrected chi connectivity index (χ4v) is 4.43. The van der Waals surface area contributed by atoms with Crippen molar-refractivity contribution < 1.29 is 17.6 Å². The zero-order valence-corrected chi connectivity index (χ0v) is 15.4. The lowest BCUT2D eigenvalue weighted by Gasteiger charge is -2.30. The van der Waals surface area contributed by atoms with Gasteiger partial charge in [0.1, 0.15) is 5.82 Å². The molecule has 0 bridgehead atoms. The first-order valence-electron chi connectivity index (χ1n) is 8.61. The summed E-state index contributed by atoms with van der Waals surface area (Å²) in [7, 11) is -3.54. The van der Waals surface area contributed by atoms with Crippen LogP contribution in [0.1, 0.15) is 18.4 Å². The number of halogens is 1. The molecule has 0 saturated carbocycles. The van der Waals surface area contributed by atoms with Gasteiger partial charge in [0.2, 0.25) is 15.9 Å². The number of hydrazone groups is 1. The van der Waals surface area contributed by atoms with Crippen molar-refractivity contribution in [2.24, 2.45) is 11.0 Å². The van der Waals surface area contributed by atoms with Crippen molar-refractivity contribution in [1.82, 2.24) is 9.73 Å². The fraction of sp³-hybridized carbons (Fsp3) is 0.263. The second-order valence-corrected chi connectivity index (χ2v) is 8.19. The Morgan fingerprint density at radius 3 is 2.37 bits per heavy atom. The van der Waals surface area contributed by atoms with Crippen LogP contribution in [0.2, 0.25) is 0 Å². The molecule has 1 aliphatic heterocycles. The Kier molecular flexibility index (Phi) is 5.98. The number of amides is 1. The Labute approximate surface area is 157 Å². The predicted octanol–water partition coefficient (Wildman–Crippen LogP) is 2.38. The molecular weight excluding hydrogens is 369 g/mol. The Morgan fingerprint density at radius 1 is 1.07 bits per heavy atom. The average Bonchev–Trinajstić information content (AvgIpc) is 2.70. The summed E-state index contributed by atoms with van der Waals surface area (Å²) < 4.78 is 40.1. The van der Waals surface area contributed by atoms with Gasteiger partial charge in [0.25, 0.3) is 0 Å². The quantitative estimate of drug-likeness (QED) is 0.630. The first-order chi connectivity index (χ1) is 13.0. The fourth-order valence-electron chi connectivity index (χ4n) is 2.94. The van der Waals surface area contributed by atoms with Crippen LogP contribution in [-0.4, -0.2) is 37.9 Å². The summed E-state index contributed by atoms with van der Waals surface area (Å²) in [5.41, 5.74) is 2.69. The summed E-state index contributed by atoms with van der Waals surface area (Å²) >= 11 is 0. The van der Waals surface area contributed by atoms with Crippen molar-refractivity contribution in [3.63, 3.8) is 0 Å². The molecule has 27 heavy (non-hydrogen) atoms. The molecule has 0 atom stereocenters. The van der Waals surface area contributed by atoms with Crippen LogP contribution in [0.15, 0.2) is 64.6 Å². The highest BCUT2D eigenvalue weighted by molar-refractivity contribution is 7.89. The Balaban J connectivity index is 1.54. The van der Waals surface area contributed by atoms with Crippen molar-refractivity contribution in [3.8, 4) is 0 Å². The van der Waals surface area contributed by atoms with E-state index in [-0.39, 0.29) is 35.4 Å². The molecule has 6 nitrogen and oxygen atoms in total. The summed E-state index contributed by atoms with van der Waals surface area (Å²) in [6.45, 7) is 0.540. The second-order valence-electron chi connectivity index (χ2n) is 6.25. The van der Waals surface area contributed by atoms with E-state index in [2.05, 4.69) is 10.5 Å². The van der Waals surface area contributed by atoms with E-state index in [1.54, 1.807) is 48.5 Å². The van der Waals surface area contributed by atoms with E-state index in [4.69, 9.17) is 0 Å². The maximum Gasteiger partial charge on any atom is 0.243 e. The number of rotatable bonds is 5. The lowest BCUT2D eigenvalue weighted by molar-refractivity contribution is -0.126. The minimum atomic E-state index is -3.54. The van der Waals surface area contributed by atoms with Crippen LogP contribution in [0, 0.1) is 11.7 Å². The van der Waals surface area contributed by atoms with Gasteiger partial charge < -0.3 is 0 Å². The monoisotopic (exact) mass is 389 g/mol. The van der Waals surface area contributed by atoms with Crippen molar-refractivity contribution >= 4 is 22.1 Å². The topological polar surface area (TPSA) is 78.8 Å². The van der Waals surface area contributed by atoms with E-state index in [1.807, 2.05) is 0 Å². The van der Waals surface area contributed by atoms with Gasteiger partial charge in [-0.3, -0.25) is 4.79 Å². The van der Waals surface area contributed by atoms with E-state index < -0.39 is 15.8 Å². The third-order valence-electron chi connectivity index (χ3n) is 4.49. The first kappa shape index (κ1) is 19.2. The van der Waals surface area contributed by atoms with E-state index in [9.17, 15) is 17.6 Å². The van der Waals surface area contributed by atoms with Crippen LogP contribution in [0.5, 0.6) is 0 Å². The maximum atomic E-state index is 13.5. The Bertz CT molecular complexity index is 924. The van der Waals surface area contributed by atoms with Crippen molar-refractivity contribution in [3.05, 3.63) is 66.0 Å². The van der Waals surface area contributed by atoms with E-state index >= 15 is 0 Å². The molecule has 1 amide bonds. The number of nitrogens with zero attached hydrogens (tertiary/aromatic N) is 2. The van der Waals surface area contributed by atoms with Gasteiger partial charge in [-0.15, -0.1) is 0 Å². The summed E-state index contributed by atoms with van der Waals surface area (Å²) in [5.74, 6) is -1.04. The van der Waals surface area contributed by atoms with Crippen LogP contribution in [0.4, 0.5) is 4.39 Å². The molecular formula is C19H20FN3O3S. The minimum Gasteiger partial charge on any atom is -0.273 e. The number of piperidine rings is 1. The van der Waals surface area contributed by atoms with E-state index in [0.29, 0.717) is 12.8 Å². The molecule has 1 saturated heterocycles. The molecule has 0 aliphatic carbocycles. The molecule has 8 heteroatoms. The van der Waals surface area contributed by atoms with Gasteiger partial charge in [0.15, 0.2) is 0 Å². The average molecular weight is 389 g/mol. The van der Waals surface area contributed by atoms with Gasteiger partial charge in [-0.2, -0.15) is 9.41 Å². The van der Waals surface area contributed by atoms with Crippen LogP contribution in [0.25, 0.3) is 0 Å². The van der Waals surface area contributed by atoms with Gasteiger partial charge in [-0.25, -0.2) is 18.2 Å². The zero-order chi connectivity index (χ0) is 19.3. The predicted molar refractivity (Wildman–Crippen MR) is 100 cm³/mol. The van der Waals surface area contributed by atoms with Gasteiger partial charge in [-0.1, -0.05) is 36.4 Å². The van der Waals surface area contributed by atoms with E-state index in [0.717, 1.165) is 0 Å². The molecule has 3 rings (SSSR count). The van der Waals surface area contributed by atoms with Crippen molar-refractivity contribution in [2.45, 2.75) is 17.7 Å². The SMILES string of the molecule is O=C(N/N=C\c1ccccc1F)C1CCN(S(=O)(=O)c2ccccc2)CC1. The Morgan fingerprint density at radius 2 is 1.70 bits per heavy atom. The van der Waals surface area contributed by atoms with Gasteiger partial charge in [0.05, 0.1) is 11.1 Å².